The van der Waals surface area contributed by atoms with E-state index in [9.17, 15) is 4.79 Å². The maximum Gasteiger partial charge on any atom is 0.263 e. The van der Waals surface area contributed by atoms with Crippen molar-refractivity contribution in [3.8, 4) is 17.1 Å². The van der Waals surface area contributed by atoms with E-state index in [-0.39, 0.29) is 12.5 Å². The first-order valence-corrected chi connectivity index (χ1v) is 9.76. The van der Waals surface area contributed by atoms with Crippen LogP contribution in [0.5, 0.6) is 5.75 Å². The highest BCUT2D eigenvalue weighted by atomic mass is 16.5. The van der Waals surface area contributed by atoms with E-state index in [1.165, 1.54) is 5.56 Å². The summed E-state index contributed by atoms with van der Waals surface area (Å²) in [7, 11) is 1.71. The molecule has 0 saturated heterocycles. The molecule has 6 nitrogen and oxygen atoms in total. The standard InChI is InChI=1S/C23H27N3O3/c1-6-20(28-19-11-10-16(3)17(4)13-19)23(27)26(5)14-21-24-22(25-29-21)18-9-7-8-15(2)12-18/h7-13,20H,6,14H2,1-5H3/t20-/m0/s1. The number of rotatable bonds is 7. The molecular formula is C23H27N3O3. The van der Waals surface area contributed by atoms with Crippen LogP contribution in [0.1, 0.15) is 35.9 Å². The average molecular weight is 393 g/mol. The summed E-state index contributed by atoms with van der Waals surface area (Å²) in [6.07, 6.45) is -0.00431. The van der Waals surface area contributed by atoms with Gasteiger partial charge in [-0.3, -0.25) is 4.79 Å². The zero-order valence-electron chi connectivity index (χ0n) is 17.6. The minimum atomic E-state index is -0.568. The lowest BCUT2D eigenvalue weighted by molar-refractivity contribution is -0.138. The topological polar surface area (TPSA) is 68.5 Å². The Bertz CT molecular complexity index is 997. The monoisotopic (exact) mass is 393 g/mol. The third-order valence-electron chi connectivity index (χ3n) is 4.90. The lowest BCUT2D eigenvalue weighted by atomic mass is 10.1. The SMILES string of the molecule is CC[C@H](Oc1ccc(C)c(C)c1)C(=O)N(C)Cc1nc(-c2cccc(C)c2)no1. The fourth-order valence-electron chi connectivity index (χ4n) is 3.01. The summed E-state index contributed by atoms with van der Waals surface area (Å²) < 4.78 is 11.3. The Balaban J connectivity index is 1.66. The maximum atomic E-state index is 12.9. The van der Waals surface area contributed by atoms with Crippen molar-refractivity contribution in [2.45, 2.75) is 46.8 Å². The lowest BCUT2D eigenvalue weighted by Crippen LogP contribution is -2.39. The first kappa shape index (κ1) is 20.6. The van der Waals surface area contributed by atoms with Crippen molar-refractivity contribution in [1.82, 2.24) is 15.0 Å². The number of nitrogens with zero attached hydrogens (tertiary/aromatic N) is 3. The van der Waals surface area contributed by atoms with Gasteiger partial charge in [0, 0.05) is 12.6 Å². The minimum absolute atomic E-state index is 0.124. The number of hydrogen-bond donors (Lipinski definition) is 0. The van der Waals surface area contributed by atoms with Crippen LogP contribution < -0.4 is 4.74 Å². The molecule has 1 heterocycles. The van der Waals surface area contributed by atoms with Crippen molar-refractivity contribution in [3.63, 3.8) is 0 Å². The summed E-state index contributed by atoms with van der Waals surface area (Å²) in [5.74, 6) is 1.48. The van der Waals surface area contributed by atoms with Crippen LogP contribution in [0, 0.1) is 20.8 Å². The van der Waals surface area contributed by atoms with Crippen LogP contribution in [0.25, 0.3) is 11.4 Å². The molecule has 0 bridgehead atoms. The molecule has 3 rings (SSSR count). The van der Waals surface area contributed by atoms with E-state index in [0.29, 0.717) is 23.9 Å². The molecule has 1 amide bonds. The number of amides is 1. The first-order valence-electron chi connectivity index (χ1n) is 9.76. The normalized spacial score (nSPS) is 11.9. The number of likely N-dealkylation sites (N-methyl/N-ethyl adjacent to an activating group) is 1. The zero-order chi connectivity index (χ0) is 21.0. The third-order valence-corrected chi connectivity index (χ3v) is 4.90. The molecule has 1 aromatic heterocycles. The molecule has 0 radical (unpaired) electrons. The second-order valence-corrected chi connectivity index (χ2v) is 7.34. The van der Waals surface area contributed by atoms with E-state index >= 15 is 0 Å². The van der Waals surface area contributed by atoms with Gasteiger partial charge in [-0.1, -0.05) is 41.9 Å². The maximum absolute atomic E-state index is 12.9. The van der Waals surface area contributed by atoms with E-state index in [0.717, 1.165) is 16.7 Å². The highest BCUT2D eigenvalue weighted by Gasteiger charge is 2.24. The lowest BCUT2D eigenvalue weighted by Gasteiger charge is -2.23. The summed E-state index contributed by atoms with van der Waals surface area (Å²) in [5, 5.41) is 4.04. The van der Waals surface area contributed by atoms with E-state index in [4.69, 9.17) is 9.26 Å². The molecule has 0 aliphatic carbocycles. The Hall–Kier alpha value is -3.15. The molecule has 2 aromatic carbocycles. The van der Waals surface area contributed by atoms with Gasteiger partial charge >= 0.3 is 0 Å². The Kier molecular flexibility index (Phi) is 6.32. The van der Waals surface area contributed by atoms with Crippen molar-refractivity contribution in [3.05, 3.63) is 65.0 Å². The second kappa shape index (κ2) is 8.90. The van der Waals surface area contributed by atoms with E-state index in [1.54, 1.807) is 11.9 Å². The highest BCUT2D eigenvalue weighted by molar-refractivity contribution is 5.81. The minimum Gasteiger partial charge on any atom is -0.481 e. The molecule has 0 N–H and O–H groups in total. The number of hydrogen-bond acceptors (Lipinski definition) is 5. The Morgan fingerprint density at radius 3 is 2.62 bits per heavy atom. The van der Waals surface area contributed by atoms with Gasteiger partial charge in [-0.15, -0.1) is 0 Å². The summed E-state index contributed by atoms with van der Waals surface area (Å²) in [4.78, 5) is 18.8. The van der Waals surface area contributed by atoms with Crippen LogP contribution in [0.15, 0.2) is 47.0 Å². The summed E-state index contributed by atoms with van der Waals surface area (Å²) in [6.45, 7) is 8.24. The van der Waals surface area contributed by atoms with Crippen LogP contribution in [-0.4, -0.2) is 34.1 Å². The van der Waals surface area contributed by atoms with Gasteiger partial charge in [0.25, 0.3) is 5.91 Å². The molecule has 0 unspecified atom stereocenters. The molecule has 0 spiro atoms. The second-order valence-electron chi connectivity index (χ2n) is 7.34. The van der Waals surface area contributed by atoms with Gasteiger partial charge in [-0.2, -0.15) is 4.98 Å². The molecule has 6 heteroatoms. The molecule has 0 fully saturated rings. The molecule has 152 valence electrons. The van der Waals surface area contributed by atoms with Gasteiger partial charge in [0.05, 0.1) is 6.54 Å². The number of carbonyl (C=O) groups excluding carboxylic acids is 1. The van der Waals surface area contributed by atoms with Crippen LogP contribution in [0.4, 0.5) is 0 Å². The Morgan fingerprint density at radius 1 is 1.14 bits per heavy atom. The quantitative estimate of drug-likeness (QED) is 0.592. The van der Waals surface area contributed by atoms with Crippen molar-refractivity contribution in [1.29, 1.82) is 0 Å². The third kappa shape index (κ3) is 5.02. The van der Waals surface area contributed by atoms with E-state index in [1.807, 2.05) is 70.2 Å². The Morgan fingerprint density at radius 2 is 1.93 bits per heavy atom. The molecule has 29 heavy (non-hydrogen) atoms. The molecule has 0 aliphatic rings. The van der Waals surface area contributed by atoms with Crippen LogP contribution in [0.2, 0.25) is 0 Å². The smallest absolute Gasteiger partial charge is 0.263 e. The summed E-state index contributed by atoms with van der Waals surface area (Å²) in [6, 6.07) is 13.7. The van der Waals surface area contributed by atoms with Gasteiger partial charge in [-0.05, 0) is 56.5 Å². The van der Waals surface area contributed by atoms with Crippen LogP contribution in [0.3, 0.4) is 0 Å². The summed E-state index contributed by atoms with van der Waals surface area (Å²) in [5.41, 5.74) is 4.33. The molecule has 0 saturated carbocycles. The fraction of sp³-hybridized carbons (Fsp3) is 0.348. The molecule has 0 aliphatic heterocycles. The number of ether oxygens (including phenoxy) is 1. The zero-order valence-corrected chi connectivity index (χ0v) is 17.6. The molecule has 1 atom stereocenters. The van der Waals surface area contributed by atoms with Gasteiger partial charge in [0.1, 0.15) is 5.75 Å². The van der Waals surface area contributed by atoms with Gasteiger partial charge in [0.2, 0.25) is 11.7 Å². The van der Waals surface area contributed by atoms with Gasteiger partial charge in [0.15, 0.2) is 6.10 Å². The number of carbonyl (C=O) groups is 1. The summed E-state index contributed by atoms with van der Waals surface area (Å²) >= 11 is 0. The van der Waals surface area contributed by atoms with Crippen molar-refractivity contribution in [2.24, 2.45) is 0 Å². The fourth-order valence-corrected chi connectivity index (χ4v) is 3.01. The van der Waals surface area contributed by atoms with Gasteiger partial charge in [-0.25, -0.2) is 0 Å². The van der Waals surface area contributed by atoms with E-state index in [2.05, 4.69) is 10.1 Å². The van der Waals surface area contributed by atoms with Crippen molar-refractivity contribution in [2.75, 3.05) is 7.05 Å². The molecule has 3 aromatic rings. The van der Waals surface area contributed by atoms with Crippen LogP contribution >= 0.6 is 0 Å². The highest BCUT2D eigenvalue weighted by Crippen LogP contribution is 2.20. The molecular weight excluding hydrogens is 366 g/mol. The van der Waals surface area contributed by atoms with E-state index < -0.39 is 6.10 Å². The number of aryl methyl sites for hydroxylation is 3. The van der Waals surface area contributed by atoms with Crippen molar-refractivity contribution >= 4 is 5.91 Å². The predicted molar refractivity (Wildman–Crippen MR) is 112 cm³/mol. The van der Waals surface area contributed by atoms with Crippen LogP contribution in [-0.2, 0) is 11.3 Å². The van der Waals surface area contributed by atoms with Gasteiger partial charge < -0.3 is 14.2 Å². The van der Waals surface area contributed by atoms with Crippen molar-refractivity contribution < 1.29 is 14.1 Å². The predicted octanol–water partition coefficient (Wildman–Crippen LogP) is 4.48. The Labute approximate surface area is 171 Å². The first-order chi connectivity index (χ1) is 13.9. The number of benzene rings is 2. The average Bonchev–Trinajstić information content (AvgIpc) is 3.16. The number of aromatic nitrogens is 2. The largest absolute Gasteiger partial charge is 0.481 e.